The molecular weight excluding hydrogens is 220 g/mol. The summed E-state index contributed by atoms with van der Waals surface area (Å²) in [5, 5.41) is 11.0. The van der Waals surface area contributed by atoms with Gasteiger partial charge >= 0.3 is 0 Å². The first-order chi connectivity index (χ1) is 8.70. The van der Waals surface area contributed by atoms with E-state index in [2.05, 4.69) is 19.1 Å². The molecule has 0 radical (unpaired) electrons. The summed E-state index contributed by atoms with van der Waals surface area (Å²) < 4.78 is 0. The van der Waals surface area contributed by atoms with Crippen LogP contribution in [0.15, 0.2) is 54.6 Å². The second-order valence-corrected chi connectivity index (χ2v) is 4.63. The predicted octanol–water partition coefficient (Wildman–Crippen LogP) is 3.89. The fourth-order valence-corrected chi connectivity index (χ4v) is 2.34. The number of aliphatic hydroxyl groups is 1. The molecule has 0 aliphatic rings. The van der Waals surface area contributed by atoms with Crippen LogP contribution < -0.4 is 0 Å². The van der Waals surface area contributed by atoms with Gasteiger partial charge in [0.15, 0.2) is 0 Å². The SMILES string of the molecule is CCc1cccc(C(O)(CC)c2ccccc2)c1. The van der Waals surface area contributed by atoms with Gasteiger partial charge in [-0.2, -0.15) is 0 Å². The Kier molecular flexibility index (Phi) is 3.83. The van der Waals surface area contributed by atoms with E-state index in [1.165, 1.54) is 5.56 Å². The Balaban J connectivity index is 2.49. The zero-order valence-corrected chi connectivity index (χ0v) is 11.1. The van der Waals surface area contributed by atoms with Gasteiger partial charge in [-0.1, -0.05) is 68.4 Å². The van der Waals surface area contributed by atoms with E-state index >= 15 is 0 Å². The first-order valence-electron chi connectivity index (χ1n) is 6.58. The lowest BCUT2D eigenvalue weighted by molar-refractivity contribution is 0.0764. The van der Waals surface area contributed by atoms with Crippen molar-refractivity contribution in [3.8, 4) is 0 Å². The molecule has 0 fully saturated rings. The van der Waals surface area contributed by atoms with Crippen LogP contribution >= 0.6 is 0 Å². The predicted molar refractivity (Wildman–Crippen MR) is 75.6 cm³/mol. The summed E-state index contributed by atoms with van der Waals surface area (Å²) in [4.78, 5) is 0. The van der Waals surface area contributed by atoms with Gasteiger partial charge in [0.1, 0.15) is 5.60 Å². The van der Waals surface area contributed by atoms with E-state index in [1.807, 2.05) is 49.4 Å². The third kappa shape index (κ3) is 2.32. The maximum absolute atomic E-state index is 11.0. The minimum absolute atomic E-state index is 0.671. The summed E-state index contributed by atoms with van der Waals surface area (Å²) >= 11 is 0. The lowest BCUT2D eigenvalue weighted by Gasteiger charge is -2.28. The number of rotatable bonds is 4. The molecular formula is C17H20O. The molecule has 2 aromatic rings. The maximum Gasteiger partial charge on any atom is 0.114 e. The van der Waals surface area contributed by atoms with Crippen LogP contribution in [0.3, 0.4) is 0 Å². The third-order valence-electron chi connectivity index (χ3n) is 3.58. The van der Waals surface area contributed by atoms with Crippen molar-refractivity contribution in [2.75, 3.05) is 0 Å². The number of hydrogen-bond donors (Lipinski definition) is 1. The number of hydrogen-bond acceptors (Lipinski definition) is 1. The normalized spacial score (nSPS) is 14.2. The van der Waals surface area contributed by atoms with Gasteiger partial charge in [-0.05, 0) is 29.5 Å². The van der Waals surface area contributed by atoms with Crippen LogP contribution in [-0.2, 0) is 12.0 Å². The highest BCUT2D eigenvalue weighted by Crippen LogP contribution is 2.33. The number of aryl methyl sites for hydroxylation is 1. The van der Waals surface area contributed by atoms with Crippen molar-refractivity contribution >= 4 is 0 Å². The van der Waals surface area contributed by atoms with Gasteiger partial charge in [0.05, 0.1) is 0 Å². The van der Waals surface area contributed by atoms with Gasteiger partial charge in [-0.25, -0.2) is 0 Å². The summed E-state index contributed by atoms with van der Waals surface area (Å²) in [7, 11) is 0. The average molecular weight is 240 g/mol. The Morgan fingerprint density at radius 1 is 0.889 bits per heavy atom. The first kappa shape index (κ1) is 12.8. The van der Waals surface area contributed by atoms with E-state index in [0.717, 1.165) is 17.5 Å². The van der Waals surface area contributed by atoms with Crippen LogP contribution in [0.2, 0.25) is 0 Å². The molecule has 0 saturated heterocycles. The van der Waals surface area contributed by atoms with Crippen LogP contribution in [0, 0.1) is 0 Å². The van der Waals surface area contributed by atoms with Gasteiger partial charge in [0.2, 0.25) is 0 Å². The minimum Gasteiger partial charge on any atom is -0.380 e. The maximum atomic E-state index is 11.0. The molecule has 0 aliphatic heterocycles. The molecule has 1 nitrogen and oxygen atoms in total. The standard InChI is InChI=1S/C17H20O/c1-3-14-9-8-12-16(13-14)17(18,4-2)15-10-6-5-7-11-15/h5-13,18H,3-4H2,1-2H3. The molecule has 18 heavy (non-hydrogen) atoms. The van der Waals surface area contributed by atoms with Crippen molar-refractivity contribution in [3.05, 3.63) is 71.3 Å². The van der Waals surface area contributed by atoms with Gasteiger partial charge in [-0.3, -0.25) is 0 Å². The second kappa shape index (κ2) is 5.36. The van der Waals surface area contributed by atoms with Crippen molar-refractivity contribution in [2.24, 2.45) is 0 Å². The van der Waals surface area contributed by atoms with Gasteiger partial charge in [0, 0.05) is 0 Å². The van der Waals surface area contributed by atoms with E-state index < -0.39 is 5.60 Å². The van der Waals surface area contributed by atoms with Crippen molar-refractivity contribution < 1.29 is 5.11 Å². The summed E-state index contributed by atoms with van der Waals surface area (Å²) in [5.74, 6) is 0. The molecule has 0 heterocycles. The minimum atomic E-state index is -0.883. The molecule has 0 bridgehead atoms. The van der Waals surface area contributed by atoms with E-state index in [9.17, 15) is 5.11 Å². The molecule has 94 valence electrons. The topological polar surface area (TPSA) is 20.2 Å². The molecule has 2 rings (SSSR count). The Morgan fingerprint density at radius 3 is 2.17 bits per heavy atom. The second-order valence-electron chi connectivity index (χ2n) is 4.63. The molecule has 0 aliphatic carbocycles. The summed E-state index contributed by atoms with van der Waals surface area (Å²) in [6.07, 6.45) is 1.66. The van der Waals surface area contributed by atoms with Gasteiger partial charge < -0.3 is 5.11 Å². The average Bonchev–Trinajstić information content (AvgIpc) is 2.47. The fourth-order valence-electron chi connectivity index (χ4n) is 2.34. The molecule has 0 amide bonds. The molecule has 0 saturated carbocycles. The highest BCUT2D eigenvalue weighted by Gasteiger charge is 2.29. The Labute approximate surface area is 109 Å². The lowest BCUT2D eigenvalue weighted by atomic mass is 9.83. The Bertz CT molecular complexity index is 504. The summed E-state index contributed by atoms with van der Waals surface area (Å²) in [6.45, 7) is 4.15. The van der Waals surface area contributed by atoms with Crippen molar-refractivity contribution in [2.45, 2.75) is 32.3 Å². The number of benzene rings is 2. The van der Waals surface area contributed by atoms with Crippen LogP contribution in [-0.4, -0.2) is 5.11 Å². The molecule has 0 spiro atoms. The summed E-state index contributed by atoms with van der Waals surface area (Å²) in [6, 6.07) is 18.1. The fraction of sp³-hybridized carbons (Fsp3) is 0.294. The zero-order valence-electron chi connectivity index (χ0n) is 11.1. The molecule has 1 unspecified atom stereocenters. The van der Waals surface area contributed by atoms with E-state index in [4.69, 9.17) is 0 Å². The van der Waals surface area contributed by atoms with E-state index in [-0.39, 0.29) is 0 Å². The van der Waals surface area contributed by atoms with Gasteiger partial charge in [-0.15, -0.1) is 0 Å². The van der Waals surface area contributed by atoms with Crippen LogP contribution in [0.25, 0.3) is 0 Å². The van der Waals surface area contributed by atoms with Crippen LogP contribution in [0.4, 0.5) is 0 Å². The van der Waals surface area contributed by atoms with E-state index in [0.29, 0.717) is 6.42 Å². The molecule has 0 aromatic heterocycles. The van der Waals surface area contributed by atoms with Crippen molar-refractivity contribution in [3.63, 3.8) is 0 Å². The van der Waals surface area contributed by atoms with Gasteiger partial charge in [0.25, 0.3) is 0 Å². The lowest BCUT2D eigenvalue weighted by Crippen LogP contribution is -2.26. The van der Waals surface area contributed by atoms with Crippen molar-refractivity contribution in [1.82, 2.24) is 0 Å². The molecule has 2 aromatic carbocycles. The molecule has 1 N–H and O–H groups in total. The molecule has 1 atom stereocenters. The zero-order chi connectivity index (χ0) is 13.0. The summed E-state index contributed by atoms with van der Waals surface area (Å²) in [5.41, 5.74) is 2.32. The molecule has 1 heteroatoms. The first-order valence-corrected chi connectivity index (χ1v) is 6.58. The highest BCUT2D eigenvalue weighted by molar-refractivity contribution is 5.37. The van der Waals surface area contributed by atoms with Crippen molar-refractivity contribution in [1.29, 1.82) is 0 Å². The third-order valence-corrected chi connectivity index (χ3v) is 3.58. The largest absolute Gasteiger partial charge is 0.380 e. The smallest absolute Gasteiger partial charge is 0.114 e. The van der Waals surface area contributed by atoms with E-state index in [1.54, 1.807) is 0 Å². The van der Waals surface area contributed by atoms with Crippen LogP contribution in [0.1, 0.15) is 37.0 Å². The quantitative estimate of drug-likeness (QED) is 0.859. The monoisotopic (exact) mass is 240 g/mol. The Hall–Kier alpha value is -1.60. The van der Waals surface area contributed by atoms with Crippen LogP contribution in [0.5, 0.6) is 0 Å². The Morgan fingerprint density at radius 2 is 1.56 bits per heavy atom. The highest BCUT2D eigenvalue weighted by atomic mass is 16.3.